The van der Waals surface area contributed by atoms with Crippen LogP contribution in [0.4, 0.5) is 0 Å². The van der Waals surface area contributed by atoms with Gasteiger partial charge in [0.25, 0.3) is 0 Å². The minimum atomic E-state index is -3.32. The van der Waals surface area contributed by atoms with Gasteiger partial charge in [-0.3, -0.25) is 0 Å². The third-order valence-electron chi connectivity index (χ3n) is 3.59. The zero-order valence-electron chi connectivity index (χ0n) is 12.4. The summed E-state index contributed by atoms with van der Waals surface area (Å²) in [5.41, 5.74) is 1.04. The zero-order valence-corrected chi connectivity index (χ0v) is 14.0. The first kappa shape index (κ1) is 16.7. The van der Waals surface area contributed by atoms with E-state index < -0.39 is 15.3 Å². The number of nitrogens with one attached hydrogen (secondary N) is 1. The summed E-state index contributed by atoms with van der Waals surface area (Å²) in [6, 6.07) is 7.47. The number of hydrogen-bond acceptors (Lipinski definition) is 3. The Hall–Kier alpha value is -0.620. The van der Waals surface area contributed by atoms with E-state index in [4.69, 9.17) is 16.3 Å². The fourth-order valence-electron chi connectivity index (χ4n) is 2.76. The maximum atomic E-state index is 12.5. The van der Waals surface area contributed by atoms with E-state index in [0.717, 1.165) is 5.56 Å². The third kappa shape index (κ3) is 4.68. The van der Waals surface area contributed by atoms with Gasteiger partial charge in [-0.15, -0.1) is 0 Å². The molecule has 1 N–H and O–H groups in total. The molecule has 2 atom stereocenters. The molecule has 2 rings (SSSR count). The Morgan fingerprint density at radius 3 is 2.86 bits per heavy atom. The van der Waals surface area contributed by atoms with Gasteiger partial charge in [0.2, 0.25) is 10.0 Å². The van der Waals surface area contributed by atoms with Gasteiger partial charge in [-0.1, -0.05) is 23.7 Å². The number of halogens is 1. The second-order valence-corrected chi connectivity index (χ2v) is 8.18. The minimum Gasteiger partial charge on any atom is -0.381 e. The number of sulfonamides is 1. The van der Waals surface area contributed by atoms with Crippen molar-refractivity contribution in [3.8, 4) is 0 Å². The summed E-state index contributed by atoms with van der Waals surface area (Å²) in [4.78, 5) is 0. The fourth-order valence-corrected chi connectivity index (χ4v) is 4.89. The first-order valence-corrected chi connectivity index (χ1v) is 9.14. The zero-order chi connectivity index (χ0) is 15.5. The molecule has 1 heterocycles. The lowest BCUT2D eigenvalue weighted by Gasteiger charge is -2.32. The van der Waals surface area contributed by atoms with E-state index in [1.54, 1.807) is 0 Å². The molecule has 21 heavy (non-hydrogen) atoms. The van der Waals surface area contributed by atoms with Crippen molar-refractivity contribution in [3.63, 3.8) is 0 Å². The molecule has 1 aromatic carbocycles. The van der Waals surface area contributed by atoms with Gasteiger partial charge in [-0.05, 0) is 44.4 Å². The number of hydrogen-bond donors (Lipinski definition) is 1. The van der Waals surface area contributed by atoms with E-state index in [1.807, 2.05) is 38.1 Å². The highest BCUT2D eigenvalue weighted by Gasteiger charge is 2.36. The van der Waals surface area contributed by atoms with Gasteiger partial charge in [0.05, 0.1) is 11.9 Å². The molecule has 0 amide bonds. The Morgan fingerprint density at radius 1 is 1.43 bits per heavy atom. The van der Waals surface area contributed by atoms with Crippen LogP contribution in [0, 0.1) is 5.92 Å². The van der Waals surface area contributed by atoms with Crippen LogP contribution in [-0.4, -0.2) is 32.9 Å². The summed E-state index contributed by atoms with van der Waals surface area (Å²) in [5, 5.41) is 0.261. The number of benzene rings is 1. The number of rotatable bonds is 5. The second-order valence-electron chi connectivity index (χ2n) is 5.81. The van der Waals surface area contributed by atoms with Crippen LogP contribution < -0.4 is 4.72 Å². The van der Waals surface area contributed by atoms with E-state index in [1.165, 1.54) is 0 Å². The van der Waals surface area contributed by atoms with Crippen molar-refractivity contribution in [1.82, 2.24) is 4.72 Å². The van der Waals surface area contributed by atoms with E-state index in [0.29, 0.717) is 31.1 Å². The van der Waals surface area contributed by atoms with Gasteiger partial charge in [-0.2, -0.15) is 0 Å². The van der Waals surface area contributed by atoms with Crippen LogP contribution in [0.3, 0.4) is 0 Å². The molecule has 1 aliphatic rings. The van der Waals surface area contributed by atoms with Crippen LogP contribution in [0.25, 0.3) is 0 Å². The summed E-state index contributed by atoms with van der Waals surface area (Å²) < 4.78 is 33.1. The molecule has 118 valence electrons. The molecule has 4 nitrogen and oxygen atoms in total. The summed E-state index contributed by atoms with van der Waals surface area (Å²) >= 11 is 6.00. The monoisotopic (exact) mass is 331 g/mol. The molecule has 0 aromatic heterocycles. The Labute approximate surface area is 131 Å². The molecule has 0 bridgehead atoms. The number of ether oxygens (including phenoxy) is 1. The average Bonchev–Trinajstić information content (AvgIpc) is 2.37. The van der Waals surface area contributed by atoms with Gasteiger partial charge in [0.15, 0.2) is 0 Å². The van der Waals surface area contributed by atoms with Crippen molar-refractivity contribution in [2.45, 2.75) is 38.0 Å². The normalized spacial score (nSPS) is 23.4. The van der Waals surface area contributed by atoms with Gasteiger partial charge < -0.3 is 4.74 Å². The molecule has 1 aliphatic heterocycles. The summed E-state index contributed by atoms with van der Waals surface area (Å²) in [5.74, 6) is -0.0477. The standard InChI is InChI=1S/C15H22ClNO3S/c1-11(2)17-21(18,19)15-6-7-20-10-13(15)8-12-4-3-5-14(16)9-12/h3-5,9,11,13,15,17H,6-8,10H2,1-2H3. The van der Waals surface area contributed by atoms with Crippen molar-refractivity contribution < 1.29 is 13.2 Å². The lowest BCUT2D eigenvalue weighted by molar-refractivity contribution is 0.0569. The molecular weight excluding hydrogens is 310 g/mol. The topological polar surface area (TPSA) is 55.4 Å². The molecule has 0 spiro atoms. The third-order valence-corrected chi connectivity index (χ3v) is 6.04. The highest BCUT2D eigenvalue weighted by molar-refractivity contribution is 7.90. The van der Waals surface area contributed by atoms with Crippen molar-refractivity contribution >= 4 is 21.6 Å². The quantitative estimate of drug-likeness (QED) is 0.902. The van der Waals surface area contributed by atoms with Gasteiger partial charge >= 0.3 is 0 Å². The Kier molecular flexibility index (Phi) is 5.66. The molecule has 1 aromatic rings. The largest absolute Gasteiger partial charge is 0.381 e. The van der Waals surface area contributed by atoms with Gasteiger partial charge in [-0.25, -0.2) is 13.1 Å². The average molecular weight is 332 g/mol. The Morgan fingerprint density at radius 2 is 2.19 bits per heavy atom. The van der Waals surface area contributed by atoms with Crippen LogP contribution in [-0.2, 0) is 21.2 Å². The minimum absolute atomic E-state index is 0.0477. The highest BCUT2D eigenvalue weighted by Crippen LogP contribution is 2.26. The van der Waals surface area contributed by atoms with E-state index in [2.05, 4.69) is 4.72 Å². The molecule has 2 unspecified atom stereocenters. The molecule has 1 saturated heterocycles. The Bertz CT molecular complexity index is 574. The van der Waals surface area contributed by atoms with Crippen LogP contribution >= 0.6 is 11.6 Å². The summed E-state index contributed by atoms with van der Waals surface area (Å²) in [6.45, 7) is 4.64. The van der Waals surface area contributed by atoms with Gasteiger partial charge in [0.1, 0.15) is 0 Å². The van der Waals surface area contributed by atoms with Crippen LogP contribution in [0.5, 0.6) is 0 Å². The predicted molar refractivity (Wildman–Crippen MR) is 85.1 cm³/mol. The van der Waals surface area contributed by atoms with Crippen LogP contribution in [0.1, 0.15) is 25.8 Å². The molecule has 0 saturated carbocycles. The summed E-state index contributed by atoms with van der Waals surface area (Å²) in [6.07, 6.45) is 1.19. The molecule has 6 heteroatoms. The maximum absolute atomic E-state index is 12.5. The second kappa shape index (κ2) is 7.09. The highest BCUT2D eigenvalue weighted by atomic mass is 35.5. The predicted octanol–water partition coefficient (Wildman–Crippen LogP) is 2.62. The Balaban J connectivity index is 2.16. The van der Waals surface area contributed by atoms with E-state index in [-0.39, 0.29) is 12.0 Å². The van der Waals surface area contributed by atoms with Crippen molar-refractivity contribution in [2.24, 2.45) is 5.92 Å². The lowest BCUT2D eigenvalue weighted by atomic mass is 9.94. The molecular formula is C15H22ClNO3S. The first-order valence-electron chi connectivity index (χ1n) is 7.22. The van der Waals surface area contributed by atoms with Crippen molar-refractivity contribution in [1.29, 1.82) is 0 Å². The van der Waals surface area contributed by atoms with E-state index in [9.17, 15) is 8.42 Å². The summed E-state index contributed by atoms with van der Waals surface area (Å²) in [7, 11) is -3.32. The molecule has 0 aliphatic carbocycles. The van der Waals surface area contributed by atoms with Crippen LogP contribution in [0.2, 0.25) is 5.02 Å². The van der Waals surface area contributed by atoms with Crippen molar-refractivity contribution in [2.75, 3.05) is 13.2 Å². The fraction of sp³-hybridized carbons (Fsp3) is 0.600. The van der Waals surface area contributed by atoms with Gasteiger partial charge in [0, 0.05) is 23.6 Å². The smallest absolute Gasteiger partial charge is 0.215 e. The van der Waals surface area contributed by atoms with Crippen molar-refractivity contribution in [3.05, 3.63) is 34.9 Å². The lowest BCUT2D eigenvalue weighted by Crippen LogP contribution is -2.46. The SMILES string of the molecule is CC(C)NS(=O)(=O)C1CCOCC1Cc1cccc(Cl)c1. The van der Waals surface area contributed by atoms with Crippen LogP contribution in [0.15, 0.2) is 24.3 Å². The first-order chi connectivity index (χ1) is 9.88. The molecule has 0 radical (unpaired) electrons. The van der Waals surface area contributed by atoms with E-state index >= 15 is 0 Å². The maximum Gasteiger partial charge on any atom is 0.215 e. The molecule has 1 fully saturated rings.